The lowest BCUT2D eigenvalue weighted by molar-refractivity contribution is 0.853. The molecule has 0 atom stereocenters. The molecule has 1 aromatic heterocycles. The van der Waals surface area contributed by atoms with E-state index in [1.807, 2.05) is 48.5 Å². The molecule has 3 aromatic rings. The average molecular weight is 354 g/mol. The molecule has 2 aromatic carbocycles. The van der Waals surface area contributed by atoms with Gasteiger partial charge in [0.1, 0.15) is 11.4 Å². The molecule has 0 bridgehead atoms. The van der Waals surface area contributed by atoms with E-state index in [9.17, 15) is 0 Å². The highest BCUT2D eigenvalue weighted by atomic mass is 33.1. The maximum absolute atomic E-state index is 4.79. The first-order valence-corrected chi connectivity index (χ1v) is 10.4. The van der Waals surface area contributed by atoms with Gasteiger partial charge in [0.05, 0.1) is 0 Å². The van der Waals surface area contributed by atoms with E-state index in [0.29, 0.717) is 0 Å². The van der Waals surface area contributed by atoms with Gasteiger partial charge >= 0.3 is 0 Å². The summed E-state index contributed by atoms with van der Waals surface area (Å²) in [5.74, 6) is 1.10. The summed E-state index contributed by atoms with van der Waals surface area (Å²) in [6.07, 6.45) is 2.41. The molecular weight excluding hydrogens is 334 g/mol. The normalized spacial score (nSPS) is 10.7. The molecule has 0 N–H and O–H groups in total. The molecule has 0 aliphatic rings. The average Bonchev–Trinajstić information content (AvgIpc) is 2.66. The predicted molar refractivity (Wildman–Crippen MR) is 104 cm³/mol. The van der Waals surface area contributed by atoms with Crippen LogP contribution >= 0.6 is 21.6 Å². The lowest BCUT2D eigenvalue weighted by Gasteiger charge is -2.09. The third-order valence-corrected chi connectivity index (χ3v) is 5.67. The van der Waals surface area contributed by atoms with Gasteiger partial charge in [-0.2, -0.15) is 0 Å². The van der Waals surface area contributed by atoms with Gasteiger partial charge in [0.2, 0.25) is 5.16 Å². The molecule has 0 saturated heterocycles. The monoisotopic (exact) mass is 353 g/mol. The Kier molecular flexibility index (Phi) is 6.26. The Labute approximate surface area is 150 Å². The van der Waals surface area contributed by atoms with E-state index in [4.69, 9.17) is 4.98 Å². The standard InChI is InChI=1S/C19H19N3S2/c1-2-3-14-23-24-19-20-17(15-10-6-4-7-11-15)18(21-22-19)16-12-8-5-9-13-16/h4-13H,2-3,14H2,1H3. The molecule has 3 nitrogen and oxygen atoms in total. The molecule has 1 heterocycles. The molecule has 0 unspecified atom stereocenters. The Bertz CT molecular complexity index is 764. The smallest absolute Gasteiger partial charge is 0.218 e. The number of unbranched alkanes of at least 4 members (excludes halogenated alkanes) is 1. The van der Waals surface area contributed by atoms with Crippen LogP contribution in [0.3, 0.4) is 0 Å². The van der Waals surface area contributed by atoms with Crippen LogP contribution < -0.4 is 0 Å². The Morgan fingerprint density at radius 1 is 0.792 bits per heavy atom. The second-order valence-electron chi connectivity index (χ2n) is 5.28. The summed E-state index contributed by atoms with van der Waals surface area (Å²) in [5.41, 5.74) is 3.80. The van der Waals surface area contributed by atoms with Gasteiger partial charge in [0.15, 0.2) is 0 Å². The molecule has 24 heavy (non-hydrogen) atoms. The Hall–Kier alpha value is -1.85. The second kappa shape index (κ2) is 8.85. The van der Waals surface area contributed by atoms with Crippen LogP contribution in [0.4, 0.5) is 0 Å². The summed E-state index contributed by atoms with van der Waals surface area (Å²) >= 11 is 0. The summed E-state index contributed by atoms with van der Waals surface area (Å²) < 4.78 is 0. The van der Waals surface area contributed by atoms with Crippen molar-refractivity contribution >= 4 is 21.6 Å². The van der Waals surface area contributed by atoms with Crippen LogP contribution in [0.15, 0.2) is 65.8 Å². The summed E-state index contributed by atoms with van der Waals surface area (Å²) in [6, 6.07) is 20.3. The molecule has 0 radical (unpaired) electrons. The highest BCUT2D eigenvalue weighted by Crippen LogP contribution is 2.33. The zero-order valence-corrected chi connectivity index (χ0v) is 15.2. The SMILES string of the molecule is CCCCSSc1nnc(-c2ccccc2)c(-c2ccccc2)n1. The van der Waals surface area contributed by atoms with Crippen LogP contribution in [0, 0.1) is 0 Å². The van der Waals surface area contributed by atoms with Gasteiger partial charge in [-0.05, 0) is 17.2 Å². The Morgan fingerprint density at radius 3 is 2.04 bits per heavy atom. The van der Waals surface area contributed by atoms with Gasteiger partial charge < -0.3 is 0 Å². The van der Waals surface area contributed by atoms with Crippen molar-refractivity contribution in [3.05, 3.63) is 60.7 Å². The lowest BCUT2D eigenvalue weighted by Crippen LogP contribution is -1.98. The van der Waals surface area contributed by atoms with E-state index in [-0.39, 0.29) is 0 Å². The van der Waals surface area contributed by atoms with E-state index in [1.165, 1.54) is 12.8 Å². The van der Waals surface area contributed by atoms with Crippen molar-refractivity contribution in [2.75, 3.05) is 5.75 Å². The van der Waals surface area contributed by atoms with E-state index in [0.717, 1.165) is 33.4 Å². The van der Waals surface area contributed by atoms with Crippen LogP contribution in [-0.4, -0.2) is 20.9 Å². The molecule has 0 aliphatic heterocycles. The topological polar surface area (TPSA) is 38.7 Å². The zero-order chi connectivity index (χ0) is 16.6. The minimum atomic E-state index is 0.717. The first kappa shape index (κ1) is 17.0. The largest absolute Gasteiger partial charge is 0.220 e. The minimum Gasteiger partial charge on any atom is -0.218 e. The van der Waals surface area contributed by atoms with Crippen molar-refractivity contribution in [3.63, 3.8) is 0 Å². The fourth-order valence-electron chi connectivity index (χ4n) is 2.23. The first-order valence-electron chi connectivity index (χ1n) is 8.03. The summed E-state index contributed by atoms with van der Waals surface area (Å²) in [7, 11) is 3.39. The van der Waals surface area contributed by atoms with Crippen molar-refractivity contribution in [3.8, 4) is 22.5 Å². The number of benzene rings is 2. The third-order valence-electron chi connectivity index (χ3n) is 3.48. The molecule has 3 rings (SSSR count). The maximum Gasteiger partial charge on any atom is 0.220 e. The lowest BCUT2D eigenvalue weighted by atomic mass is 10.0. The van der Waals surface area contributed by atoms with E-state index >= 15 is 0 Å². The van der Waals surface area contributed by atoms with Gasteiger partial charge in [-0.3, -0.25) is 0 Å². The molecule has 0 saturated carbocycles. The van der Waals surface area contributed by atoms with Gasteiger partial charge in [-0.25, -0.2) is 4.98 Å². The van der Waals surface area contributed by atoms with Crippen molar-refractivity contribution in [2.24, 2.45) is 0 Å². The maximum atomic E-state index is 4.79. The van der Waals surface area contributed by atoms with Gasteiger partial charge in [-0.15, -0.1) is 10.2 Å². The fourth-order valence-corrected chi connectivity index (χ4v) is 4.16. The summed E-state index contributed by atoms with van der Waals surface area (Å²) in [5, 5.41) is 9.51. The number of aromatic nitrogens is 3. The Balaban J connectivity index is 1.94. The van der Waals surface area contributed by atoms with Crippen molar-refractivity contribution < 1.29 is 0 Å². The number of hydrogen-bond donors (Lipinski definition) is 0. The van der Waals surface area contributed by atoms with Crippen LogP contribution in [0.2, 0.25) is 0 Å². The molecule has 122 valence electrons. The van der Waals surface area contributed by atoms with Crippen LogP contribution in [-0.2, 0) is 0 Å². The molecule has 5 heteroatoms. The van der Waals surface area contributed by atoms with Crippen LogP contribution in [0.1, 0.15) is 19.8 Å². The summed E-state index contributed by atoms with van der Waals surface area (Å²) in [6.45, 7) is 2.20. The highest BCUT2D eigenvalue weighted by Gasteiger charge is 2.13. The Morgan fingerprint density at radius 2 is 1.42 bits per heavy atom. The van der Waals surface area contributed by atoms with E-state index < -0.39 is 0 Å². The van der Waals surface area contributed by atoms with E-state index in [1.54, 1.807) is 21.6 Å². The van der Waals surface area contributed by atoms with Crippen LogP contribution in [0.5, 0.6) is 0 Å². The molecule has 0 aliphatic carbocycles. The molecular formula is C19H19N3S2. The van der Waals surface area contributed by atoms with Gasteiger partial charge in [0, 0.05) is 16.9 Å². The first-order chi connectivity index (χ1) is 11.9. The molecule has 0 amide bonds. The molecule has 0 spiro atoms. The van der Waals surface area contributed by atoms with Crippen molar-refractivity contribution in [1.82, 2.24) is 15.2 Å². The fraction of sp³-hybridized carbons (Fsp3) is 0.211. The van der Waals surface area contributed by atoms with Crippen LogP contribution in [0.25, 0.3) is 22.5 Å². The van der Waals surface area contributed by atoms with E-state index in [2.05, 4.69) is 29.3 Å². The van der Waals surface area contributed by atoms with Gasteiger partial charge in [0.25, 0.3) is 0 Å². The number of rotatable bonds is 7. The van der Waals surface area contributed by atoms with Crippen molar-refractivity contribution in [2.45, 2.75) is 24.9 Å². The van der Waals surface area contributed by atoms with Gasteiger partial charge in [-0.1, -0.05) is 84.8 Å². The second-order valence-corrected chi connectivity index (χ2v) is 7.67. The number of nitrogens with zero attached hydrogens (tertiary/aromatic N) is 3. The predicted octanol–water partition coefficient (Wildman–Crippen LogP) is 5.75. The molecule has 0 fully saturated rings. The number of hydrogen-bond acceptors (Lipinski definition) is 5. The summed E-state index contributed by atoms with van der Waals surface area (Å²) in [4.78, 5) is 4.79. The third kappa shape index (κ3) is 4.36. The minimum absolute atomic E-state index is 0.717. The van der Waals surface area contributed by atoms with Crippen molar-refractivity contribution in [1.29, 1.82) is 0 Å². The highest BCUT2D eigenvalue weighted by molar-refractivity contribution is 8.76. The zero-order valence-electron chi connectivity index (χ0n) is 13.6. The quantitative estimate of drug-likeness (QED) is 0.400.